The highest BCUT2D eigenvalue weighted by Gasteiger charge is 2.41. The van der Waals surface area contributed by atoms with E-state index in [2.05, 4.69) is 10.2 Å². The second-order valence-corrected chi connectivity index (χ2v) is 7.74. The van der Waals surface area contributed by atoms with E-state index in [-0.39, 0.29) is 29.4 Å². The molecule has 2 fully saturated rings. The van der Waals surface area contributed by atoms with Crippen molar-refractivity contribution in [2.75, 3.05) is 32.2 Å². The highest BCUT2D eigenvalue weighted by atomic mass is 32.2. The van der Waals surface area contributed by atoms with Crippen LogP contribution in [0.4, 0.5) is 0 Å². The van der Waals surface area contributed by atoms with Crippen LogP contribution in [0, 0.1) is 5.92 Å². The Hall–Kier alpha value is -0.660. The van der Waals surface area contributed by atoms with Crippen LogP contribution in [0.15, 0.2) is 0 Å². The van der Waals surface area contributed by atoms with E-state index in [1.165, 1.54) is 7.11 Å². The molecule has 4 atom stereocenters. The predicted octanol–water partition coefficient (Wildman–Crippen LogP) is -0.745. The Balaban J connectivity index is 1.99. The number of sulfone groups is 1. The normalized spacial score (nSPS) is 38.5. The Bertz CT molecular complexity index is 451. The largest absolute Gasteiger partial charge is 0.378 e. The summed E-state index contributed by atoms with van der Waals surface area (Å²) in [5, 5.41) is 2.86. The highest BCUT2D eigenvalue weighted by molar-refractivity contribution is 7.91. The maximum Gasteiger partial charge on any atom is 0.225 e. The van der Waals surface area contributed by atoms with Gasteiger partial charge in [-0.25, -0.2) is 8.42 Å². The van der Waals surface area contributed by atoms with E-state index in [1.54, 1.807) is 0 Å². The molecule has 1 N–H and O–H groups in total. The molecule has 2 aliphatic rings. The lowest BCUT2D eigenvalue weighted by molar-refractivity contribution is -0.126. The van der Waals surface area contributed by atoms with Gasteiger partial charge in [0, 0.05) is 13.2 Å². The smallest absolute Gasteiger partial charge is 0.225 e. The number of nitrogens with one attached hydrogen (secondary N) is 1. The quantitative estimate of drug-likeness (QED) is 0.740. The van der Waals surface area contributed by atoms with E-state index in [9.17, 15) is 13.2 Å². The van der Waals surface area contributed by atoms with Crippen LogP contribution in [0.2, 0.25) is 0 Å². The van der Waals surface area contributed by atoms with Crippen LogP contribution in [0.5, 0.6) is 0 Å². The first-order chi connectivity index (χ1) is 8.84. The van der Waals surface area contributed by atoms with Crippen LogP contribution in [-0.4, -0.2) is 69.6 Å². The number of rotatable bonds is 3. The first kappa shape index (κ1) is 14.7. The van der Waals surface area contributed by atoms with Gasteiger partial charge in [0.05, 0.1) is 29.6 Å². The van der Waals surface area contributed by atoms with Gasteiger partial charge in [-0.15, -0.1) is 0 Å². The molecule has 6 nitrogen and oxygen atoms in total. The van der Waals surface area contributed by atoms with Gasteiger partial charge in [0.2, 0.25) is 5.91 Å². The topological polar surface area (TPSA) is 75.7 Å². The number of carbonyl (C=O) groups is 1. The zero-order valence-electron chi connectivity index (χ0n) is 11.6. The minimum atomic E-state index is -3.10. The van der Waals surface area contributed by atoms with Crippen LogP contribution in [-0.2, 0) is 19.4 Å². The fourth-order valence-corrected chi connectivity index (χ4v) is 4.77. The fraction of sp³-hybridized carbons (Fsp3) is 0.917. The Kier molecular flexibility index (Phi) is 4.17. The molecular formula is C12H22N2O4S. The summed E-state index contributed by atoms with van der Waals surface area (Å²) in [6, 6.07) is -0.223. The van der Waals surface area contributed by atoms with Gasteiger partial charge in [-0.2, -0.15) is 0 Å². The van der Waals surface area contributed by atoms with Crippen molar-refractivity contribution in [2.24, 2.45) is 5.92 Å². The van der Waals surface area contributed by atoms with Gasteiger partial charge in [-0.05, 0) is 26.9 Å². The molecule has 0 spiro atoms. The zero-order valence-corrected chi connectivity index (χ0v) is 12.4. The molecule has 2 unspecified atom stereocenters. The lowest BCUT2D eigenvalue weighted by atomic mass is 10.0. The Morgan fingerprint density at radius 3 is 2.58 bits per heavy atom. The van der Waals surface area contributed by atoms with Gasteiger partial charge in [-0.1, -0.05) is 0 Å². The molecule has 0 radical (unpaired) electrons. The first-order valence-corrected chi connectivity index (χ1v) is 8.40. The zero-order chi connectivity index (χ0) is 14.2. The second-order valence-electron chi connectivity index (χ2n) is 5.58. The van der Waals surface area contributed by atoms with Crippen molar-refractivity contribution in [1.82, 2.24) is 10.2 Å². The van der Waals surface area contributed by atoms with Crippen molar-refractivity contribution >= 4 is 15.7 Å². The van der Waals surface area contributed by atoms with E-state index < -0.39 is 22.0 Å². The molecule has 0 aliphatic carbocycles. The molecule has 2 heterocycles. The maximum atomic E-state index is 12.2. The van der Waals surface area contributed by atoms with E-state index in [1.807, 2.05) is 14.0 Å². The van der Waals surface area contributed by atoms with Gasteiger partial charge in [-0.3, -0.25) is 4.79 Å². The average Bonchev–Trinajstić information content (AvgIpc) is 2.80. The molecule has 19 heavy (non-hydrogen) atoms. The van der Waals surface area contributed by atoms with Gasteiger partial charge >= 0.3 is 0 Å². The summed E-state index contributed by atoms with van der Waals surface area (Å²) in [6.07, 6.45) is 0.393. The molecule has 0 aromatic heterocycles. The standard InChI is InChI=1S/C12H22N2O4S/c1-8-9(4-5-14(8)2)12(15)13-10-6-19(16,17)7-11(10)18-3/h8-11H,4-7H2,1-3H3,(H,13,15)/t8-,9-,10?,11?/m1/s1. The van der Waals surface area contributed by atoms with Gasteiger partial charge in [0.15, 0.2) is 9.84 Å². The van der Waals surface area contributed by atoms with Gasteiger partial charge in [0.25, 0.3) is 0 Å². The van der Waals surface area contributed by atoms with Gasteiger partial charge < -0.3 is 15.0 Å². The summed E-state index contributed by atoms with van der Waals surface area (Å²) in [5.41, 5.74) is 0. The number of hydrogen-bond acceptors (Lipinski definition) is 5. The molecule has 110 valence electrons. The lowest BCUT2D eigenvalue weighted by Gasteiger charge is -2.23. The molecule has 0 aromatic carbocycles. The van der Waals surface area contributed by atoms with E-state index in [4.69, 9.17) is 4.74 Å². The van der Waals surface area contributed by atoms with E-state index in [0.717, 1.165) is 13.0 Å². The van der Waals surface area contributed by atoms with Crippen molar-refractivity contribution in [2.45, 2.75) is 31.5 Å². The Morgan fingerprint density at radius 1 is 1.37 bits per heavy atom. The average molecular weight is 290 g/mol. The number of amides is 1. The number of nitrogens with zero attached hydrogens (tertiary/aromatic N) is 1. The summed E-state index contributed by atoms with van der Waals surface area (Å²) in [4.78, 5) is 14.4. The number of hydrogen-bond donors (Lipinski definition) is 1. The third-order valence-corrected chi connectivity index (χ3v) is 6.04. The monoisotopic (exact) mass is 290 g/mol. The minimum absolute atomic E-state index is 0.00539. The summed E-state index contributed by atoms with van der Waals surface area (Å²) in [5.74, 6) is -0.144. The number of likely N-dealkylation sites (tertiary alicyclic amines) is 1. The predicted molar refractivity (Wildman–Crippen MR) is 71.6 cm³/mol. The lowest BCUT2D eigenvalue weighted by Crippen LogP contribution is -2.47. The third-order valence-electron chi connectivity index (χ3n) is 4.34. The maximum absolute atomic E-state index is 12.2. The summed E-state index contributed by atoms with van der Waals surface area (Å²) < 4.78 is 28.3. The molecule has 7 heteroatoms. The van der Waals surface area contributed by atoms with Crippen molar-refractivity contribution in [3.63, 3.8) is 0 Å². The summed E-state index contributed by atoms with van der Waals surface area (Å²) in [7, 11) is 0.378. The summed E-state index contributed by atoms with van der Waals surface area (Å²) in [6.45, 7) is 2.92. The van der Waals surface area contributed by atoms with Crippen LogP contribution >= 0.6 is 0 Å². The Labute approximate surface area is 114 Å². The number of ether oxygens (including phenoxy) is 1. The van der Waals surface area contributed by atoms with Crippen molar-refractivity contribution in [1.29, 1.82) is 0 Å². The van der Waals surface area contributed by atoms with Crippen LogP contribution in [0.3, 0.4) is 0 Å². The Morgan fingerprint density at radius 2 is 2.05 bits per heavy atom. The highest BCUT2D eigenvalue weighted by Crippen LogP contribution is 2.23. The van der Waals surface area contributed by atoms with Gasteiger partial charge in [0.1, 0.15) is 0 Å². The molecule has 2 aliphatic heterocycles. The molecule has 0 saturated carbocycles. The molecule has 2 saturated heterocycles. The van der Waals surface area contributed by atoms with E-state index in [0.29, 0.717) is 0 Å². The fourth-order valence-electron chi connectivity index (χ4n) is 2.92. The summed E-state index contributed by atoms with van der Waals surface area (Å²) >= 11 is 0. The molecule has 0 bridgehead atoms. The number of carbonyl (C=O) groups excluding carboxylic acids is 1. The molecular weight excluding hydrogens is 268 g/mol. The van der Waals surface area contributed by atoms with Crippen LogP contribution in [0.1, 0.15) is 13.3 Å². The van der Waals surface area contributed by atoms with E-state index >= 15 is 0 Å². The molecule has 2 rings (SSSR count). The van der Waals surface area contributed by atoms with Crippen LogP contribution < -0.4 is 5.32 Å². The second kappa shape index (κ2) is 5.38. The number of methoxy groups -OCH3 is 1. The minimum Gasteiger partial charge on any atom is -0.378 e. The SMILES string of the molecule is COC1CS(=O)(=O)CC1NC(=O)[C@@H]1CCN(C)[C@@H]1C. The molecule has 0 aromatic rings. The molecule has 1 amide bonds. The van der Waals surface area contributed by atoms with Crippen LogP contribution in [0.25, 0.3) is 0 Å². The van der Waals surface area contributed by atoms with Crippen molar-refractivity contribution in [3.05, 3.63) is 0 Å². The first-order valence-electron chi connectivity index (χ1n) is 6.58. The van der Waals surface area contributed by atoms with Crippen molar-refractivity contribution < 1.29 is 17.9 Å². The van der Waals surface area contributed by atoms with Crippen molar-refractivity contribution in [3.8, 4) is 0 Å². The third kappa shape index (κ3) is 3.09.